The van der Waals surface area contributed by atoms with Gasteiger partial charge < -0.3 is 11.1 Å². The molecule has 3 N–H and O–H groups in total. The van der Waals surface area contributed by atoms with Gasteiger partial charge in [0, 0.05) is 12.2 Å². The lowest BCUT2D eigenvalue weighted by Gasteiger charge is -2.08. The van der Waals surface area contributed by atoms with Crippen molar-refractivity contribution < 1.29 is 4.79 Å². The molecule has 3 nitrogen and oxygen atoms in total. The van der Waals surface area contributed by atoms with Gasteiger partial charge in [0.05, 0.1) is 10.6 Å². The van der Waals surface area contributed by atoms with Gasteiger partial charge in [-0.3, -0.25) is 4.79 Å². The zero-order valence-corrected chi connectivity index (χ0v) is 11.2. The molecule has 0 spiro atoms. The smallest absolute Gasteiger partial charge is 0.250 e. The van der Waals surface area contributed by atoms with Crippen LogP contribution in [0.25, 0.3) is 0 Å². The maximum absolute atomic E-state index is 11.2. The number of hydrogen-bond donors (Lipinski definition) is 2. The SMILES string of the molecule is NC(=O)c1cc(NCCc2ccccc2)ccc1Cl. The Bertz CT molecular complexity index is 570. The number of nitrogens with two attached hydrogens (primary N) is 1. The first-order valence-corrected chi connectivity index (χ1v) is 6.42. The van der Waals surface area contributed by atoms with Gasteiger partial charge in [0.15, 0.2) is 0 Å². The average molecular weight is 275 g/mol. The molecule has 98 valence electrons. The molecule has 0 heterocycles. The molecule has 19 heavy (non-hydrogen) atoms. The fourth-order valence-corrected chi connectivity index (χ4v) is 2.03. The summed E-state index contributed by atoms with van der Waals surface area (Å²) in [5, 5.41) is 3.63. The number of rotatable bonds is 5. The molecular weight excluding hydrogens is 260 g/mol. The van der Waals surface area contributed by atoms with E-state index in [0.717, 1.165) is 18.7 Å². The number of benzene rings is 2. The molecule has 0 bridgehead atoms. The normalized spacial score (nSPS) is 10.2. The van der Waals surface area contributed by atoms with Crippen molar-refractivity contribution in [2.45, 2.75) is 6.42 Å². The molecule has 0 aliphatic heterocycles. The lowest BCUT2D eigenvalue weighted by Crippen LogP contribution is -2.12. The van der Waals surface area contributed by atoms with Crippen molar-refractivity contribution in [1.82, 2.24) is 0 Å². The van der Waals surface area contributed by atoms with Gasteiger partial charge in [0.2, 0.25) is 5.91 Å². The Morgan fingerprint density at radius 2 is 1.89 bits per heavy atom. The van der Waals surface area contributed by atoms with E-state index in [2.05, 4.69) is 17.4 Å². The molecule has 2 aromatic rings. The lowest BCUT2D eigenvalue weighted by molar-refractivity contribution is 0.100. The van der Waals surface area contributed by atoms with Gasteiger partial charge in [0.1, 0.15) is 0 Å². The van der Waals surface area contributed by atoms with Gasteiger partial charge in [-0.05, 0) is 30.2 Å². The van der Waals surface area contributed by atoms with Crippen molar-refractivity contribution in [2.75, 3.05) is 11.9 Å². The Labute approximate surface area is 117 Å². The number of carbonyl (C=O) groups is 1. The summed E-state index contributed by atoms with van der Waals surface area (Å²) >= 11 is 5.89. The third kappa shape index (κ3) is 3.73. The Morgan fingerprint density at radius 1 is 1.16 bits per heavy atom. The molecule has 0 unspecified atom stereocenters. The number of primary amides is 1. The summed E-state index contributed by atoms with van der Waals surface area (Å²) in [7, 11) is 0. The molecule has 4 heteroatoms. The van der Waals surface area contributed by atoms with Crippen LogP contribution >= 0.6 is 11.6 Å². The largest absolute Gasteiger partial charge is 0.385 e. The molecule has 0 radical (unpaired) electrons. The van der Waals surface area contributed by atoms with E-state index >= 15 is 0 Å². The second-order valence-electron chi connectivity index (χ2n) is 4.22. The number of hydrogen-bond acceptors (Lipinski definition) is 2. The van der Waals surface area contributed by atoms with Gasteiger partial charge in [0.25, 0.3) is 0 Å². The van der Waals surface area contributed by atoms with E-state index in [-0.39, 0.29) is 0 Å². The van der Waals surface area contributed by atoms with Crippen molar-refractivity contribution in [2.24, 2.45) is 5.73 Å². The molecule has 0 aliphatic carbocycles. The second-order valence-corrected chi connectivity index (χ2v) is 4.63. The number of carbonyl (C=O) groups excluding carboxylic acids is 1. The first-order valence-electron chi connectivity index (χ1n) is 6.04. The Hall–Kier alpha value is -2.00. The average Bonchev–Trinajstić information content (AvgIpc) is 2.41. The summed E-state index contributed by atoms with van der Waals surface area (Å²) in [5.74, 6) is -0.517. The molecule has 0 fully saturated rings. The van der Waals surface area contributed by atoms with Crippen molar-refractivity contribution in [3.05, 3.63) is 64.7 Å². The molecule has 1 amide bonds. The second kappa shape index (κ2) is 6.25. The predicted octanol–water partition coefficient (Wildman–Crippen LogP) is 3.09. The van der Waals surface area contributed by atoms with Gasteiger partial charge in [-0.25, -0.2) is 0 Å². The fraction of sp³-hybridized carbons (Fsp3) is 0.133. The van der Waals surface area contributed by atoms with Crippen LogP contribution in [0.1, 0.15) is 15.9 Å². The van der Waals surface area contributed by atoms with Gasteiger partial charge >= 0.3 is 0 Å². The molecule has 0 saturated heterocycles. The van der Waals surface area contributed by atoms with E-state index in [0.29, 0.717) is 10.6 Å². The minimum absolute atomic E-state index is 0.339. The standard InChI is InChI=1S/C15H15ClN2O/c16-14-7-6-12(10-13(14)15(17)19)18-9-8-11-4-2-1-3-5-11/h1-7,10,18H,8-9H2,(H2,17,19). The predicted molar refractivity (Wildman–Crippen MR) is 78.6 cm³/mol. The zero-order valence-electron chi connectivity index (χ0n) is 10.4. The van der Waals surface area contributed by atoms with E-state index in [9.17, 15) is 4.79 Å². The number of amides is 1. The number of halogens is 1. The minimum Gasteiger partial charge on any atom is -0.385 e. The van der Waals surface area contributed by atoms with Crippen LogP contribution in [0, 0.1) is 0 Å². The van der Waals surface area contributed by atoms with Crippen LogP contribution in [-0.2, 0) is 6.42 Å². The molecule has 0 saturated carbocycles. The van der Waals surface area contributed by atoms with Crippen LogP contribution in [0.4, 0.5) is 5.69 Å². The lowest BCUT2D eigenvalue weighted by atomic mass is 10.1. The monoisotopic (exact) mass is 274 g/mol. The summed E-state index contributed by atoms with van der Waals surface area (Å²) in [6.07, 6.45) is 0.912. The van der Waals surface area contributed by atoms with Crippen molar-refractivity contribution in [3.8, 4) is 0 Å². The van der Waals surface area contributed by atoms with Crippen LogP contribution in [-0.4, -0.2) is 12.5 Å². The minimum atomic E-state index is -0.517. The third-order valence-corrected chi connectivity index (χ3v) is 3.15. The van der Waals surface area contributed by atoms with Crippen molar-refractivity contribution >= 4 is 23.2 Å². The van der Waals surface area contributed by atoms with Crippen LogP contribution in [0.15, 0.2) is 48.5 Å². The fourth-order valence-electron chi connectivity index (χ4n) is 1.82. The summed E-state index contributed by atoms with van der Waals surface area (Å²) in [6, 6.07) is 15.4. The Kier molecular flexibility index (Phi) is 4.42. The highest BCUT2D eigenvalue weighted by molar-refractivity contribution is 6.33. The molecule has 0 atom stereocenters. The van der Waals surface area contributed by atoms with Crippen LogP contribution in [0.2, 0.25) is 5.02 Å². The number of anilines is 1. The van der Waals surface area contributed by atoms with E-state index in [1.807, 2.05) is 24.3 Å². The Morgan fingerprint density at radius 3 is 2.58 bits per heavy atom. The highest BCUT2D eigenvalue weighted by atomic mass is 35.5. The molecule has 2 aromatic carbocycles. The van der Waals surface area contributed by atoms with Crippen LogP contribution < -0.4 is 11.1 Å². The molecule has 0 aliphatic rings. The quantitative estimate of drug-likeness (QED) is 0.880. The molecular formula is C15H15ClN2O. The summed E-state index contributed by atoms with van der Waals surface area (Å²) in [4.78, 5) is 11.2. The van der Waals surface area contributed by atoms with Gasteiger partial charge in [-0.2, -0.15) is 0 Å². The summed E-state index contributed by atoms with van der Waals surface area (Å²) in [6.45, 7) is 0.782. The Balaban J connectivity index is 1.97. The van der Waals surface area contributed by atoms with Gasteiger partial charge in [-0.15, -0.1) is 0 Å². The highest BCUT2D eigenvalue weighted by Gasteiger charge is 2.07. The molecule has 0 aromatic heterocycles. The first-order chi connectivity index (χ1) is 9.16. The maximum atomic E-state index is 11.2. The maximum Gasteiger partial charge on any atom is 0.250 e. The topological polar surface area (TPSA) is 55.1 Å². The third-order valence-electron chi connectivity index (χ3n) is 2.82. The summed E-state index contributed by atoms with van der Waals surface area (Å²) < 4.78 is 0. The van der Waals surface area contributed by atoms with E-state index < -0.39 is 5.91 Å². The van der Waals surface area contributed by atoms with Crippen LogP contribution in [0.5, 0.6) is 0 Å². The zero-order chi connectivity index (χ0) is 13.7. The van der Waals surface area contributed by atoms with E-state index in [1.165, 1.54) is 5.56 Å². The molecule has 2 rings (SSSR count). The van der Waals surface area contributed by atoms with Crippen LogP contribution in [0.3, 0.4) is 0 Å². The van der Waals surface area contributed by atoms with E-state index in [1.54, 1.807) is 12.1 Å². The van der Waals surface area contributed by atoms with Crippen molar-refractivity contribution in [3.63, 3.8) is 0 Å². The first kappa shape index (κ1) is 13.4. The highest BCUT2D eigenvalue weighted by Crippen LogP contribution is 2.20. The van der Waals surface area contributed by atoms with Crippen molar-refractivity contribution in [1.29, 1.82) is 0 Å². The summed E-state index contributed by atoms with van der Waals surface area (Å²) in [5.41, 5.74) is 7.70. The van der Waals surface area contributed by atoms with Gasteiger partial charge in [-0.1, -0.05) is 41.9 Å². The number of nitrogens with one attached hydrogen (secondary N) is 1. The van der Waals surface area contributed by atoms with E-state index in [4.69, 9.17) is 17.3 Å².